The van der Waals surface area contributed by atoms with E-state index < -0.39 is 0 Å². The van der Waals surface area contributed by atoms with E-state index in [1.807, 2.05) is 18.2 Å². The summed E-state index contributed by atoms with van der Waals surface area (Å²) in [5.74, 6) is 2.04. The van der Waals surface area contributed by atoms with Gasteiger partial charge in [-0.05, 0) is 31.4 Å². The van der Waals surface area contributed by atoms with Crippen LogP contribution in [0.5, 0.6) is 11.5 Å². The third-order valence-corrected chi connectivity index (χ3v) is 5.41. The van der Waals surface area contributed by atoms with Crippen LogP contribution in [0.25, 0.3) is 0 Å². The van der Waals surface area contributed by atoms with Gasteiger partial charge in [0.1, 0.15) is 0 Å². The van der Waals surface area contributed by atoms with Crippen molar-refractivity contribution in [3.8, 4) is 11.5 Å². The van der Waals surface area contributed by atoms with Crippen molar-refractivity contribution in [3.63, 3.8) is 0 Å². The second kappa shape index (κ2) is 6.79. The van der Waals surface area contributed by atoms with Crippen molar-refractivity contribution in [2.24, 2.45) is 11.3 Å². The van der Waals surface area contributed by atoms with E-state index in [9.17, 15) is 4.79 Å². The molecular weight excluding hydrogens is 292 g/mol. The van der Waals surface area contributed by atoms with E-state index in [4.69, 9.17) is 9.47 Å². The van der Waals surface area contributed by atoms with E-state index in [0.29, 0.717) is 24.0 Å². The standard InChI is InChI=1S/C18H26N2O3/c1-22-15-8-5-6-13(16(15)23-2)10-20-17(21)18-9-4-3-7-14(18)11-19-12-18/h5-6,8,14,19H,3-4,7,9-12H2,1-2H3,(H,20,21)/t14-,18+/m0/s1. The number of ether oxygens (including phenoxy) is 2. The van der Waals surface area contributed by atoms with Crippen LogP contribution in [-0.2, 0) is 11.3 Å². The molecule has 1 aromatic carbocycles. The molecule has 1 aromatic rings. The molecule has 2 atom stereocenters. The minimum Gasteiger partial charge on any atom is -0.493 e. The molecule has 1 aliphatic carbocycles. The van der Waals surface area contributed by atoms with Gasteiger partial charge in [0.05, 0.1) is 19.6 Å². The van der Waals surface area contributed by atoms with Crippen molar-refractivity contribution < 1.29 is 14.3 Å². The van der Waals surface area contributed by atoms with Crippen LogP contribution in [0.15, 0.2) is 18.2 Å². The largest absolute Gasteiger partial charge is 0.493 e. The van der Waals surface area contributed by atoms with Crippen LogP contribution in [0.3, 0.4) is 0 Å². The number of rotatable bonds is 5. The number of nitrogens with one attached hydrogen (secondary N) is 2. The fourth-order valence-corrected chi connectivity index (χ4v) is 4.13. The Kier molecular flexibility index (Phi) is 4.76. The molecule has 5 nitrogen and oxygen atoms in total. The number of hydrogen-bond acceptors (Lipinski definition) is 4. The lowest BCUT2D eigenvalue weighted by Gasteiger charge is -2.37. The Bertz CT molecular complexity index is 575. The molecule has 1 aliphatic heterocycles. The average Bonchev–Trinajstić information content (AvgIpc) is 3.04. The first kappa shape index (κ1) is 16.1. The molecule has 5 heteroatoms. The summed E-state index contributed by atoms with van der Waals surface area (Å²) in [6, 6.07) is 5.74. The van der Waals surface area contributed by atoms with Gasteiger partial charge in [0.25, 0.3) is 0 Å². The molecule has 2 aliphatic rings. The van der Waals surface area contributed by atoms with Crippen LogP contribution in [-0.4, -0.2) is 33.2 Å². The maximum Gasteiger partial charge on any atom is 0.228 e. The predicted molar refractivity (Wildman–Crippen MR) is 88.7 cm³/mol. The second-order valence-corrected chi connectivity index (χ2v) is 6.57. The first-order valence-corrected chi connectivity index (χ1v) is 8.40. The highest BCUT2D eigenvalue weighted by Crippen LogP contribution is 2.44. The number of fused-ring (bicyclic) bond motifs is 1. The highest BCUT2D eigenvalue weighted by molar-refractivity contribution is 5.84. The molecule has 0 bridgehead atoms. The van der Waals surface area contributed by atoms with Crippen molar-refractivity contribution in [2.45, 2.75) is 32.2 Å². The lowest BCUT2D eigenvalue weighted by Crippen LogP contribution is -2.47. The monoisotopic (exact) mass is 318 g/mol. The van der Waals surface area contributed by atoms with Gasteiger partial charge in [0.15, 0.2) is 11.5 Å². The van der Waals surface area contributed by atoms with Gasteiger partial charge in [0, 0.05) is 18.7 Å². The zero-order chi connectivity index (χ0) is 16.3. The molecule has 23 heavy (non-hydrogen) atoms. The molecule has 1 amide bonds. The summed E-state index contributed by atoms with van der Waals surface area (Å²) in [6.07, 6.45) is 4.54. The van der Waals surface area contributed by atoms with Gasteiger partial charge >= 0.3 is 0 Å². The second-order valence-electron chi connectivity index (χ2n) is 6.57. The molecule has 1 saturated carbocycles. The fourth-order valence-electron chi connectivity index (χ4n) is 4.13. The highest BCUT2D eigenvalue weighted by atomic mass is 16.5. The van der Waals surface area contributed by atoms with E-state index in [-0.39, 0.29) is 11.3 Å². The summed E-state index contributed by atoms with van der Waals surface area (Å²) in [6.45, 7) is 2.24. The van der Waals surface area contributed by atoms with E-state index in [2.05, 4.69) is 10.6 Å². The first-order valence-electron chi connectivity index (χ1n) is 8.40. The lowest BCUT2D eigenvalue weighted by atomic mass is 9.67. The topological polar surface area (TPSA) is 59.6 Å². The fraction of sp³-hybridized carbons (Fsp3) is 0.611. The highest BCUT2D eigenvalue weighted by Gasteiger charge is 2.49. The number of para-hydroxylation sites is 1. The van der Waals surface area contributed by atoms with E-state index in [1.54, 1.807) is 14.2 Å². The van der Waals surface area contributed by atoms with Gasteiger partial charge < -0.3 is 20.1 Å². The molecule has 126 valence electrons. The molecular formula is C18H26N2O3. The van der Waals surface area contributed by atoms with Gasteiger partial charge in [-0.25, -0.2) is 0 Å². The summed E-state index contributed by atoms with van der Waals surface area (Å²) in [4.78, 5) is 12.9. The van der Waals surface area contributed by atoms with Gasteiger partial charge in [-0.2, -0.15) is 0 Å². The number of benzene rings is 1. The van der Waals surface area contributed by atoms with Crippen molar-refractivity contribution in [1.29, 1.82) is 0 Å². The molecule has 1 saturated heterocycles. The Morgan fingerprint density at radius 1 is 1.35 bits per heavy atom. The van der Waals surface area contributed by atoms with Crippen LogP contribution < -0.4 is 20.1 Å². The third kappa shape index (κ3) is 2.90. The average molecular weight is 318 g/mol. The Morgan fingerprint density at radius 3 is 3.00 bits per heavy atom. The van der Waals surface area contributed by atoms with Crippen molar-refractivity contribution in [1.82, 2.24) is 10.6 Å². The number of amides is 1. The van der Waals surface area contributed by atoms with E-state index in [0.717, 1.165) is 37.9 Å². The molecule has 1 heterocycles. The molecule has 0 unspecified atom stereocenters. The quantitative estimate of drug-likeness (QED) is 0.873. The summed E-state index contributed by atoms with van der Waals surface area (Å²) in [5.41, 5.74) is 0.722. The molecule has 3 rings (SSSR count). The minimum absolute atomic E-state index is 0.178. The third-order valence-electron chi connectivity index (χ3n) is 5.41. The number of methoxy groups -OCH3 is 2. The van der Waals surface area contributed by atoms with Gasteiger partial charge in [-0.1, -0.05) is 25.0 Å². The van der Waals surface area contributed by atoms with E-state index in [1.165, 1.54) is 6.42 Å². The Morgan fingerprint density at radius 2 is 2.22 bits per heavy atom. The molecule has 0 spiro atoms. The zero-order valence-corrected chi connectivity index (χ0v) is 14.0. The summed E-state index contributed by atoms with van der Waals surface area (Å²) in [5, 5.41) is 6.56. The van der Waals surface area contributed by atoms with Crippen LogP contribution in [0.4, 0.5) is 0 Å². The normalized spacial score (nSPS) is 26.4. The number of hydrogen-bond donors (Lipinski definition) is 2. The molecule has 0 radical (unpaired) electrons. The van der Waals surface area contributed by atoms with Gasteiger partial charge in [0.2, 0.25) is 5.91 Å². The smallest absolute Gasteiger partial charge is 0.228 e. The first-order chi connectivity index (χ1) is 11.2. The maximum atomic E-state index is 12.9. The number of carbonyl (C=O) groups excluding carboxylic acids is 1. The molecule has 0 aromatic heterocycles. The summed E-state index contributed by atoms with van der Waals surface area (Å²) < 4.78 is 10.8. The zero-order valence-electron chi connectivity index (χ0n) is 14.0. The maximum absolute atomic E-state index is 12.9. The lowest BCUT2D eigenvalue weighted by molar-refractivity contribution is -0.134. The van der Waals surface area contributed by atoms with E-state index >= 15 is 0 Å². The molecule has 2 fully saturated rings. The predicted octanol–water partition coefficient (Wildman–Crippen LogP) is 2.10. The van der Waals surface area contributed by atoms with Crippen LogP contribution in [0.1, 0.15) is 31.2 Å². The van der Waals surface area contributed by atoms with Crippen molar-refractivity contribution in [2.75, 3.05) is 27.3 Å². The Balaban J connectivity index is 1.72. The Labute approximate surface area is 137 Å². The Hall–Kier alpha value is -1.75. The van der Waals surface area contributed by atoms with Crippen molar-refractivity contribution >= 4 is 5.91 Å². The van der Waals surface area contributed by atoms with Crippen LogP contribution in [0, 0.1) is 11.3 Å². The number of carbonyl (C=O) groups is 1. The SMILES string of the molecule is COc1cccc(CNC(=O)[C@@]23CCCC[C@H]2CNC3)c1OC. The van der Waals surface area contributed by atoms with Crippen molar-refractivity contribution in [3.05, 3.63) is 23.8 Å². The minimum atomic E-state index is -0.218. The van der Waals surface area contributed by atoms with Crippen LogP contribution >= 0.6 is 0 Å². The molecule has 2 N–H and O–H groups in total. The van der Waals surface area contributed by atoms with Gasteiger partial charge in [-0.15, -0.1) is 0 Å². The summed E-state index contributed by atoms with van der Waals surface area (Å²) >= 11 is 0. The summed E-state index contributed by atoms with van der Waals surface area (Å²) in [7, 11) is 3.25. The van der Waals surface area contributed by atoms with Gasteiger partial charge in [-0.3, -0.25) is 4.79 Å². The van der Waals surface area contributed by atoms with Crippen LogP contribution in [0.2, 0.25) is 0 Å².